The van der Waals surface area contributed by atoms with Crippen LogP contribution in [0.1, 0.15) is 24.2 Å². The van der Waals surface area contributed by atoms with Gasteiger partial charge in [0.2, 0.25) is 5.91 Å². The smallest absolute Gasteiger partial charge is 0.270 e. The van der Waals surface area contributed by atoms with Crippen LogP contribution in [-0.4, -0.2) is 30.3 Å². The molecule has 1 aromatic carbocycles. The highest BCUT2D eigenvalue weighted by atomic mass is 16.6. The first-order chi connectivity index (χ1) is 9.69. The molecule has 0 saturated heterocycles. The molecule has 0 aromatic heterocycles. The van der Waals surface area contributed by atoms with E-state index in [4.69, 9.17) is 5.73 Å². The molecule has 8 nitrogen and oxygen atoms in total. The second-order valence-electron chi connectivity index (χ2n) is 5.17. The Morgan fingerprint density at radius 1 is 1.38 bits per heavy atom. The number of nitrogens with one attached hydrogen (secondary N) is 2. The molecule has 0 fully saturated rings. The number of hydrogen-bond acceptors (Lipinski definition) is 5. The molecular formula is C13H18N4O4. The van der Waals surface area contributed by atoms with Crippen LogP contribution < -0.4 is 16.4 Å². The van der Waals surface area contributed by atoms with Gasteiger partial charge in [-0.2, -0.15) is 0 Å². The minimum Gasteiger partial charge on any atom is -0.398 e. The Morgan fingerprint density at radius 2 is 2.00 bits per heavy atom. The Balaban J connectivity index is 2.88. The average molecular weight is 294 g/mol. The van der Waals surface area contributed by atoms with E-state index in [-0.39, 0.29) is 29.4 Å². The fourth-order valence-corrected chi connectivity index (χ4v) is 1.67. The van der Waals surface area contributed by atoms with Crippen molar-refractivity contribution in [1.82, 2.24) is 10.6 Å². The zero-order valence-electron chi connectivity index (χ0n) is 12.1. The van der Waals surface area contributed by atoms with Crippen LogP contribution in [0.25, 0.3) is 0 Å². The third-order valence-electron chi connectivity index (χ3n) is 3.02. The van der Waals surface area contributed by atoms with Crippen molar-refractivity contribution < 1.29 is 14.5 Å². The zero-order valence-corrected chi connectivity index (χ0v) is 12.1. The van der Waals surface area contributed by atoms with E-state index < -0.39 is 16.2 Å². The molecule has 4 N–H and O–H groups in total. The van der Waals surface area contributed by atoms with Crippen LogP contribution in [0.4, 0.5) is 11.4 Å². The molecule has 0 radical (unpaired) electrons. The summed E-state index contributed by atoms with van der Waals surface area (Å²) < 4.78 is 0. The van der Waals surface area contributed by atoms with Crippen LogP contribution in [0.3, 0.4) is 0 Å². The van der Waals surface area contributed by atoms with E-state index in [1.807, 2.05) is 0 Å². The second kappa shape index (κ2) is 6.21. The summed E-state index contributed by atoms with van der Waals surface area (Å²) in [6, 6.07) is 3.63. The molecule has 0 aliphatic rings. The van der Waals surface area contributed by atoms with Gasteiger partial charge in [-0.1, -0.05) is 0 Å². The maximum Gasteiger partial charge on any atom is 0.270 e. The summed E-state index contributed by atoms with van der Waals surface area (Å²) in [5.41, 5.74) is 4.77. The molecule has 0 spiro atoms. The number of amides is 2. The van der Waals surface area contributed by atoms with Gasteiger partial charge in [0.05, 0.1) is 15.9 Å². The van der Waals surface area contributed by atoms with Gasteiger partial charge in [-0.05, 0) is 19.9 Å². The molecule has 8 heteroatoms. The quantitative estimate of drug-likeness (QED) is 0.418. The summed E-state index contributed by atoms with van der Waals surface area (Å²) in [7, 11) is 1.50. The van der Waals surface area contributed by atoms with Gasteiger partial charge in [0.25, 0.3) is 11.6 Å². The zero-order chi connectivity index (χ0) is 16.2. The van der Waals surface area contributed by atoms with Crippen molar-refractivity contribution in [3.05, 3.63) is 33.9 Å². The van der Waals surface area contributed by atoms with Crippen molar-refractivity contribution in [2.45, 2.75) is 13.8 Å². The van der Waals surface area contributed by atoms with E-state index in [9.17, 15) is 19.7 Å². The summed E-state index contributed by atoms with van der Waals surface area (Å²) in [4.78, 5) is 33.8. The second-order valence-corrected chi connectivity index (χ2v) is 5.17. The number of rotatable bonds is 5. The molecule has 0 unspecified atom stereocenters. The number of hydrogen-bond donors (Lipinski definition) is 3. The molecular weight excluding hydrogens is 276 g/mol. The van der Waals surface area contributed by atoms with Crippen LogP contribution in [-0.2, 0) is 4.79 Å². The van der Waals surface area contributed by atoms with Crippen LogP contribution in [0, 0.1) is 15.5 Å². The third kappa shape index (κ3) is 3.91. The molecule has 0 aliphatic heterocycles. The molecule has 0 atom stereocenters. The minimum absolute atomic E-state index is 0.0110. The summed E-state index contributed by atoms with van der Waals surface area (Å²) in [6.45, 7) is 3.42. The van der Waals surface area contributed by atoms with Gasteiger partial charge in [-0.25, -0.2) is 0 Å². The van der Waals surface area contributed by atoms with E-state index in [2.05, 4.69) is 10.6 Å². The highest BCUT2D eigenvalue weighted by Crippen LogP contribution is 2.20. The van der Waals surface area contributed by atoms with Crippen molar-refractivity contribution in [2.24, 2.45) is 5.41 Å². The molecule has 21 heavy (non-hydrogen) atoms. The van der Waals surface area contributed by atoms with Gasteiger partial charge in [0.1, 0.15) is 0 Å². The Labute approximate surface area is 121 Å². The fraction of sp³-hybridized carbons (Fsp3) is 0.385. The SMILES string of the molecule is CNC(=O)C(C)(C)CNC(=O)c1cc([N+](=O)[O-])ccc1N. The number of nitro groups is 1. The van der Waals surface area contributed by atoms with E-state index in [0.717, 1.165) is 6.07 Å². The van der Waals surface area contributed by atoms with Gasteiger partial charge in [0.15, 0.2) is 0 Å². The Morgan fingerprint density at radius 3 is 2.52 bits per heavy atom. The molecule has 0 aliphatic carbocycles. The van der Waals surface area contributed by atoms with Crippen molar-refractivity contribution in [1.29, 1.82) is 0 Å². The number of nitro benzene ring substituents is 1. The fourth-order valence-electron chi connectivity index (χ4n) is 1.67. The molecule has 1 aromatic rings. The lowest BCUT2D eigenvalue weighted by Gasteiger charge is -2.22. The van der Waals surface area contributed by atoms with E-state index in [0.29, 0.717) is 0 Å². The molecule has 1 rings (SSSR count). The third-order valence-corrected chi connectivity index (χ3v) is 3.02. The average Bonchev–Trinajstić information content (AvgIpc) is 2.44. The minimum atomic E-state index is -0.806. The summed E-state index contributed by atoms with van der Waals surface area (Å²) >= 11 is 0. The first-order valence-corrected chi connectivity index (χ1v) is 6.23. The molecule has 0 heterocycles. The van der Waals surface area contributed by atoms with E-state index in [1.165, 1.54) is 19.2 Å². The Kier molecular flexibility index (Phi) is 4.85. The number of carbonyl (C=O) groups excluding carboxylic acids is 2. The van der Waals surface area contributed by atoms with Crippen molar-refractivity contribution >= 4 is 23.2 Å². The van der Waals surface area contributed by atoms with Crippen LogP contribution in [0.2, 0.25) is 0 Å². The summed E-state index contributed by atoms with van der Waals surface area (Å²) in [5, 5.41) is 15.8. The van der Waals surface area contributed by atoms with Crippen molar-refractivity contribution in [3.8, 4) is 0 Å². The highest BCUT2D eigenvalue weighted by Gasteiger charge is 2.27. The van der Waals surface area contributed by atoms with Gasteiger partial charge >= 0.3 is 0 Å². The van der Waals surface area contributed by atoms with E-state index >= 15 is 0 Å². The van der Waals surface area contributed by atoms with Gasteiger partial charge in [-0.15, -0.1) is 0 Å². The summed E-state index contributed by atoms with van der Waals surface area (Å²) in [5.74, 6) is -0.789. The van der Waals surface area contributed by atoms with E-state index in [1.54, 1.807) is 13.8 Å². The van der Waals surface area contributed by atoms with Gasteiger partial charge < -0.3 is 16.4 Å². The predicted octanol–water partition coefficient (Wildman–Crippen LogP) is 0.679. The lowest BCUT2D eigenvalue weighted by atomic mass is 9.92. The first-order valence-electron chi connectivity index (χ1n) is 6.23. The van der Waals surface area contributed by atoms with Crippen LogP contribution >= 0.6 is 0 Å². The summed E-state index contributed by atoms with van der Waals surface area (Å²) in [6.07, 6.45) is 0. The van der Waals surface area contributed by atoms with Crippen LogP contribution in [0.5, 0.6) is 0 Å². The molecule has 2 amide bonds. The van der Waals surface area contributed by atoms with Gasteiger partial charge in [-0.3, -0.25) is 19.7 Å². The maximum absolute atomic E-state index is 12.1. The standard InChI is InChI=1S/C13H18N4O4/c1-13(2,12(19)15-3)7-16-11(18)9-6-8(17(20)21)4-5-10(9)14/h4-6H,7,14H2,1-3H3,(H,15,19)(H,16,18). The molecule has 114 valence electrons. The number of anilines is 1. The molecule has 0 bridgehead atoms. The number of non-ortho nitro benzene ring substituents is 1. The normalized spacial score (nSPS) is 10.8. The lowest BCUT2D eigenvalue weighted by Crippen LogP contribution is -2.43. The topological polar surface area (TPSA) is 127 Å². The Bertz CT molecular complexity index is 584. The number of nitrogen functional groups attached to an aromatic ring is 1. The number of carbonyl (C=O) groups is 2. The maximum atomic E-state index is 12.1. The molecule has 0 saturated carbocycles. The Hall–Kier alpha value is -2.64. The first kappa shape index (κ1) is 16.4. The highest BCUT2D eigenvalue weighted by molar-refractivity contribution is 6.00. The monoisotopic (exact) mass is 294 g/mol. The number of nitrogens with two attached hydrogens (primary N) is 1. The van der Waals surface area contributed by atoms with Crippen molar-refractivity contribution in [3.63, 3.8) is 0 Å². The number of nitrogens with zero attached hydrogens (tertiary/aromatic N) is 1. The van der Waals surface area contributed by atoms with Gasteiger partial charge in [0, 0.05) is 31.4 Å². The largest absolute Gasteiger partial charge is 0.398 e. The van der Waals surface area contributed by atoms with Crippen molar-refractivity contribution in [2.75, 3.05) is 19.3 Å². The lowest BCUT2D eigenvalue weighted by molar-refractivity contribution is -0.384. The van der Waals surface area contributed by atoms with Crippen LogP contribution in [0.15, 0.2) is 18.2 Å². The predicted molar refractivity (Wildman–Crippen MR) is 77.7 cm³/mol. The number of benzene rings is 1.